The van der Waals surface area contributed by atoms with E-state index >= 15 is 0 Å². The number of aromatic nitrogens is 1. The van der Waals surface area contributed by atoms with E-state index in [1.54, 1.807) is 40.8 Å². The first-order valence-corrected chi connectivity index (χ1v) is 12.1. The minimum Gasteiger partial charge on any atom is -0.350 e. The van der Waals surface area contributed by atoms with Crippen molar-refractivity contribution in [2.24, 2.45) is 13.0 Å². The topological polar surface area (TPSA) is 86.4 Å². The van der Waals surface area contributed by atoms with Crippen LogP contribution in [0.4, 0.5) is 4.39 Å². The van der Waals surface area contributed by atoms with E-state index in [1.165, 1.54) is 25.4 Å². The number of carbonyl (C=O) groups is 3. The maximum atomic E-state index is 13.4. The van der Waals surface area contributed by atoms with Gasteiger partial charge in [-0.05, 0) is 55.0 Å². The summed E-state index contributed by atoms with van der Waals surface area (Å²) in [6, 6.07) is 11.6. The summed E-state index contributed by atoms with van der Waals surface area (Å²) in [6.45, 7) is 0.927. The molecule has 7 nitrogen and oxygen atoms in total. The predicted octanol–water partition coefficient (Wildman–Crippen LogP) is 4.23. The second kappa shape index (κ2) is 10.5. The van der Waals surface area contributed by atoms with Crippen LogP contribution in [0.5, 0.6) is 0 Å². The molecular weight excluding hydrogens is 483 g/mol. The van der Waals surface area contributed by atoms with Crippen LogP contribution in [0.3, 0.4) is 0 Å². The first-order chi connectivity index (χ1) is 17.2. The van der Waals surface area contributed by atoms with Crippen LogP contribution in [-0.4, -0.2) is 58.6 Å². The Kier molecular flexibility index (Phi) is 7.41. The molecule has 1 aliphatic rings. The highest BCUT2D eigenvalue weighted by molar-refractivity contribution is 6.45. The zero-order chi connectivity index (χ0) is 26.0. The van der Waals surface area contributed by atoms with Gasteiger partial charge in [-0.1, -0.05) is 23.7 Å². The van der Waals surface area contributed by atoms with Gasteiger partial charge in [-0.15, -0.1) is 0 Å². The van der Waals surface area contributed by atoms with Gasteiger partial charge in [-0.3, -0.25) is 14.4 Å². The average Bonchev–Trinajstić information content (AvgIpc) is 3.19. The number of benzene rings is 2. The Balaban J connectivity index is 1.53. The van der Waals surface area contributed by atoms with Crippen LogP contribution in [0.1, 0.15) is 39.1 Å². The summed E-state index contributed by atoms with van der Waals surface area (Å²) in [5.41, 5.74) is 2.13. The van der Waals surface area contributed by atoms with Crippen molar-refractivity contribution in [2.45, 2.75) is 19.3 Å². The Hall–Kier alpha value is -3.70. The summed E-state index contributed by atoms with van der Waals surface area (Å²) in [5, 5.41) is 9.57. The van der Waals surface area contributed by atoms with E-state index in [4.69, 9.17) is 16.9 Å². The third kappa shape index (κ3) is 5.12. The number of nitrogens with zero attached hydrogens (tertiary/aromatic N) is 4. The highest BCUT2D eigenvalue weighted by Gasteiger charge is 2.28. The molecule has 1 fully saturated rings. The molecule has 0 saturated carbocycles. The standard InChI is InChI=1S/C27H26ClFN4O3/c1-31(12-9-30)27(36)25(34)22-16-32(2)24-15-23(28)21(14-20(22)24)26(35)33-10-7-18(8-11-33)13-17-3-5-19(29)6-4-17/h3-6,14-16,18H,7-8,10-13H2,1-2H3. The molecular formula is C27H26ClFN4O3. The SMILES string of the molecule is CN(CC#N)C(=O)C(=O)c1cn(C)c2cc(Cl)c(C(=O)N3CCC(Cc4ccc(F)cc4)CC3)cc12. The van der Waals surface area contributed by atoms with Gasteiger partial charge in [0.2, 0.25) is 0 Å². The second-order valence-corrected chi connectivity index (χ2v) is 9.62. The lowest BCUT2D eigenvalue weighted by atomic mass is 9.90. The molecule has 0 atom stereocenters. The van der Waals surface area contributed by atoms with E-state index in [0.717, 1.165) is 29.7 Å². The molecule has 4 rings (SSSR count). The summed E-state index contributed by atoms with van der Waals surface area (Å²) in [6.07, 6.45) is 4.00. The molecule has 9 heteroatoms. The van der Waals surface area contributed by atoms with Crippen LogP contribution in [0, 0.1) is 23.1 Å². The maximum absolute atomic E-state index is 13.4. The van der Waals surface area contributed by atoms with E-state index in [2.05, 4.69) is 0 Å². The van der Waals surface area contributed by atoms with Gasteiger partial charge in [0.25, 0.3) is 17.6 Å². The molecule has 0 spiro atoms. The van der Waals surface area contributed by atoms with Gasteiger partial charge in [-0.25, -0.2) is 4.39 Å². The highest BCUT2D eigenvalue weighted by Crippen LogP contribution is 2.31. The minimum absolute atomic E-state index is 0.158. The summed E-state index contributed by atoms with van der Waals surface area (Å²) in [4.78, 5) is 41.6. The largest absolute Gasteiger partial charge is 0.350 e. The van der Waals surface area contributed by atoms with Crippen molar-refractivity contribution in [3.8, 4) is 6.07 Å². The fraction of sp³-hybridized carbons (Fsp3) is 0.333. The minimum atomic E-state index is -0.796. The number of carbonyl (C=O) groups excluding carboxylic acids is 3. The second-order valence-electron chi connectivity index (χ2n) is 9.22. The summed E-state index contributed by atoms with van der Waals surface area (Å²) < 4.78 is 14.8. The molecule has 0 radical (unpaired) electrons. The molecule has 0 bridgehead atoms. The van der Waals surface area contributed by atoms with Crippen LogP contribution in [0.25, 0.3) is 10.9 Å². The highest BCUT2D eigenvalue weighted by atomic mass is 35.5. The van der Waals surface area contributed by atoms with Gasteiger partial charge in [0.1, 0.15) is 12.4 Å². The Labute approximate surface area is 213 Å². The van der Waals surface area contributed by atoms with E-state index in [0.29, 0.717) is 29.9 Å². The van der Waals surface area contributed by atoms with Crippen LogP contribution in [0.2, 0.25) is 5.02 Å². The molecule has 3 aromatic rings. The van der Waals surface area contributed by atoms with Crippen molar-refractivity contribution in [2.75, 3.05) is 26.7 Å². The number of likely N-dealkylation sites (N-methyl/N-ethyl adjacent to an activating group) is 1. The first kappa shape index (κ1) is 25.4. The van der Waals surface area contributed by atoms with Gasteiger partial charge in [-0.2, -0.15) is 5.26 Å². The number of likely N-dealkylation sites (tertiary alicyclic amines) is 1. The quantitative estimate of drug-likeness (QED) is 0.283. The van der Waals surface area contributed by atoms with Crippen LogP contribution in [-0.2, 0) is 18.3 Å². The summed E-state index contributed by atoms with van der Waals surface area (Å²) in [5.74, 6) is -1.63. The smallest absolute Gasteiger partial charge is 0.295 e. The number of hydrogen-bond acceptors (Lipinski definition) is 4. The number of aryl methyl sites for hydroxylation is 1. The van der Waals surface area contributed by atoms with E-state index < -0.39 is 11.7 Å². The van der Waals surface area contributed by atoms with Crippen molar-refractivity contribution in [1.82, 2.24) is 14.4 Å². The Morgan fingerprint density at radius 1 is 1.14 bits per heavy atom. The van der Waals surface area contributed by atoms with Crippen molar-refractivity contribution >= 4 is 40.1 Å². The number of nitriles is 1. The monoisotopic (exact) mass is 508 g/mol. The number of fused-ring (bicyclic) bond motifs is 1. The molecule has 0 unspecified atom stereocenters. The Morgan fingerprint density at radius 2 is 1.81 bits per heavy atom. The molecule has 2 aromatic carbocycles. The van der Waals surface area contributed by atoms with Gasteiger partial charge in [0.15, 0.2) is 0 Å². The lowest BCUT2D eigenvalue weighted by molar-refractivity contribution is -0.124. The van der Waals surface area contributed by atoms with Crippen LogP contribution in [0.15, 0.2) is 42.6 Å². The molecule has 0 aliphatic carbocycles. The fourth-order valence-corrected chi connectivity index (χ4v) is 4.92. The molecule has 1 aliphatic heterocycles. The molecule has 1 aromatic heterocycles. The first-order valence-electron chi connectivity index (χ1n) is 11.7. The summed E-state index contributed by atoms with van der Waals surface area (Å²) in [7, 11) is 3.12. The van der Waals surface area contributed by atoms with Gasteiger partial charge in [0, 0.05) is 38.8 Å². The van der Waals surface area contributed by atoms with E-state index in [9.17, 15) is 18.8 Å². The normalized spacial score (nSPS) is 14.0. The van der Waals surface area contributed by atoms with Gasteiger partial charge in [0.05, 0.1) is 27.7 Å². The number of hydrogen-bond donors (Lipinski definition) is 0. The summed E-state index contributed by atoms with van der Waals surface area (Å²) >= 11 is 6.49. The Bertz CT molecular complexity index is 1370. The van der Waals surface area contributed by atoms with Crippen LogP contribution >= 0.6 is 11.6 Å². The average molecular weight is 509 g/mol. The zero-order valence-corrected chi connectivity index (χ0v) is 20.9. The lowest BCUT2D eigenvalue weighted by Crippen LogP contribution is -2.39. The molecule has 36 heavy (non-hydrogen) atoms. The van der Waals surface area contributed by atoms with Crippen molar-refractivity contribution in [3.05, 3.63) is 70.1 Å². The fourth-order valence-electron chi connectivity index (χ4n) is 4.68. The van der Waals surface area contributed by atoms with Crippen molar-refractivity contribution in [3.63, 3.8) is 0 Å². The number of Topliss-reactive ketones (excluding diaryl/α,β-unsaturated/α-hetero) is 1. The van der Waals surface area contributed by atoms with Crippen molar-refractivity contribution < 1.29 is 18.8 Å². The molecule has 1 saturated heterocycles. The van der Waals surface area contributed by atoms with Crippen LogP contribution < -0.4 is 0 Å². The lowest BCUT2D eigenvalue weighted by Gasteiger charge is -2.32. The third-order valence-corrected chi connectivity index (χ3v) is 7.05. The number of amides is 2. The molecule has 0 N–H and O–H groups in total. The third-order valence-electron chi connectivity index (χ3n) is 6.74. The van der Waals surface area contributed by atoms with E-state index in [-0.39, 0.29) is 34.4 Å². The van der Waals surface area contributed by atoms with Gasteiger partial charge >= 0.3 is 0 Å². The van der Waals surface area contributed by atoms with Crippen molar-refractivity contribution in [1.29, 1.82) is 5.26 Å². The zero-order valence-electron chi connectivity index (χ0n) is 20.1. The number of halogens is 2. The Morgan fingerprint density at radius 3 is 2.44 bits per heavy atom. The molecule has 186 valence electrons. The predicted molar refractivity (Wildman–Crippen MR) is 134 cm³/mol. The molecule has 2 heterocycles. The number of piperidine rings is 1. The maximum Gasteiger partial charge on any atom is 0.295 e. The molecule has 2 amide bonds. The van der Waals surface area contributed by atoms with Gasteiger partial charge < -0.3 is 14.4 Å². The van der Waals surface area contributed by atoms with E-state index in [1.807, 2.05) is 6.07 Å². The number of ketones is 1. The number of rotatable bonds is 6.